The molecule has 0 spiro atoms. The van der Waals surface area contributed by atoms with Gasteiger partial charge in [0.25, 0.3) is 0 Å². The molecule has 4 rings (SSSR count). The largest absolute Gasteiger partial charge is 0.305 e. The highest BCUT2D eigenvalue weighted by molar-refractivity contribution is 9.10. The summed E-state index contributed by atoms with van der Waals surface area (Å²) in [6, 6.07) is 8.45. The van der Waals surface area contributed by atoms with Crippen molar-refractivity contribution in [2.24, 2.45) is 13.0 Å². The Labute approximate surface area is 165 Å². The molecule has 2 aromatic heterocycles. The molecule has 0 N–H and O–H groups in total. The van der Waals surface area contributed by atoms with E-state index in [2.05, 4.69) is 74.3 Å². The lowest BCUT2D eigenvalue weighted by Gasteiger charge is -2.18. The second-order valence-corrected chi connectivity index (χ2v) is 9.50. The van der Waals surface area contributed by atoms with Crippen LogP contribution in [0.1, 0.15) is 29.3 Å². The van der Waals surface area contributed by atoms with Gasteiger partial charge >= 0.3 is 0 Å². The number of thioether (sulfide) groups is 1. The van der Waals surface area contributed by atoms with Gasteiger partial charge in [-0.1, -0.05) is 46.7 Å². The fraction of sp³-hybridized carbons (Fsp3) is 0.368. The second kappa shape index (κ2) is 7.25. The van der Waals surface area contributed by atoms with Crippen molar-refractivity contribution in [2.45, 2.75) is 37.1 Å². The molecule has 0 amide bonds. The topological polar surface area (TPSA) is 30.7 Å². The lowest BCUT2D eigenvalue weighted by Crippen LogP contribution is -2.09. The first-order chi connectivity index (χ1) is 12.1. The van der Waals surface area contributed by atoms with Gasteiger partial charge in [-0.05, 0) is 48.4 Å². The van der Waals surface area contributed by atoms with Gasteiger partial charge in [0.05, 0.1) is 0 Å². The zero-order valence-corrected chi connectivity index (χ0v) is 17.5. The third-order valence-corrected chi connectivity index (χ3v) is 7.43. The predicted octanol–water partition coefficient (Wildman–Crippen LogP) is 5.72. The number of benzene rings is 1. The third kappa shape index (κ3) is 3.57. The Morgan fingerprint density at radius 2 is 2.08 bits per heavy atom. The Hall–Kier alpha value is -1.11. The highest BCUT2D eigenvalue weighted by atomic mass is 79.9. The molecular formula is C19H20BrN3S2. The van der Waals surface area contributed by atoms with E-state index in [-0.39, 0.29) is 0 Å². The number of nitrogens with zero attached hydrogens (tertiary/aromatic N) is 3. The molecule has 130 valence electrons. The van der Waals surface area contributed by atoms with Gasteiger partial charge in [0, 0.05) is 33.1 Å². The van der Waals surface area contributed by atoms with E-state index in [1.807, 2.05) is 11.3 Å². The fourth-order valence-corrected chi connectivity index (χ4v) is 5.64. The second-order valence-electron chi connectivity index (χ2n) is 6.68. The Morgan fingerprint density at radius 3 is 2.88 bits per heavy atom. The number of hydrogen-bond donors (Lipinski definition) is 0. The summed E-state index contributed by atoms with van der Waals surface area (Å²) < 4.78 is 3.25. The molecule has 1 aliphatic carbocycles. The Kier molecular flexibility index (Phi) is 5.02. The van der Waals surface area contributed by atoms with Crippen LogP contribution in [0.4, 0.5) is 0 Å². The fourth-order valence-electron chi connectivity index (χ4n) is 3.27. The smallest absolute Gasteiger partial charge is 0.191 e. The number of rotatable bonds is 4. The summed E-state index contributed by atoms with van der Waals surface area (Å²) in [5, 5.41) is 12.2. The Bertz CT molecular complexity index is 883. The van der Waals surface area contributed by atoms with Gasteiger partial charge in [-0.15, -0.1) is 21.5 Å². The lowest BCUT2D eigenvalue weighted by molar-refractivity contribution is 0.508. The van der Waals surface area contributed by atoms with E-state index >= 15 is 0 Å². The van der Waals surface area contributed by atoms with Crippen LogP contribution < -0.4 is 0 Å². The van der Waals surface area contributed by atoms with Crippen LogP contribution in [0.25, 0.3) is 11.4 Å². The first kappa shape index (κ1) is 17.3. The first-order valence-corrected chi connectivity index (χ1v) is 11.1. The van der Waals surface area contributed by atoms with Crippen molar-refractivity contribution in [1.82, 2.24) is 14.8 Å². The third-order valence-electron chi connectivity index (χ3n) is 4.76. The summed E-state index contributed by atoms with van der Waals surface area (Å²) in [7, 11) is 2.08. The minimum atomic E-state index is 0.801. The molecule has 1 aromatic carbocycles. The minimum absolute atomic E-state index is 0.801. The number of hydrogen-bond acceptors (Lipinski definition) is 4. The predicted molar refractivity (Wildman–Crippen MR) is 109 cm³/mol. The van der Waals surface area contributed by atoms with Crippen LogP contribution in [-0.2, 0) is 25.6 Å². The average molecular weight is 434 g/mol. The zero-order chi connectivity index (χ0) is 17.4. The zero-order valence-electron chi connectivity index (χ0n) is 14.3. The van der Waals surface area contributed by atoms with Crippen molar-refractivity contribution in [2.75, 3.05) is 0 Å². The van der Waals surface area contributed by atoms with Crippen LogP contribution in [0.2, 0.25) is 0 Å². The molecule has 2 heterocycles. The van der Waals surface area contributed by atoms with E-state index in [0.717, 1.165) is 27.1 Å². The average Bonchev–Trinajstić information content (AvgIpc) is 3.17. The SMILES string of the molecule is CC1CCc2c(-c3nnc(SCc4ccc(Br)cc4)n3C)csc2C1. The molecule has 1 aliphatic rings. The van der Waals surface area contributed by atoms with E-state index in [4.69, 9.17) is 0 Å². The number of aromatic nitrogens is 3. The quantitative estimate of drug-likeness (QED) is 0.492. The molecule has 1 unspecified atom stereocenters. The molecule has 0 fully saturated rings. The summed E-state index contributed by atoms with van der Waals surface area (Å²) in [6.07, 6.45) is 3.66. The number of halogens is 1. The van der Waals surface area contributed by atoms with Crippen molar-refractivity contribution >= 4 is 39.0 Å². The van der Waals surface area contributed by atoms with Crippen LogP contribution in [0.15, 0.2) is 39.3 Å². The van der Waals surface area contributed by atoms with Gasteiger partial charge in [-0.25, -0.2) is 0 Å². The maximum Gasteiger partial charge on any atom is 0.191 e. The van der Waals surface area contributed by atoms with Crippen LogP contribution in [0.3, 0.4) is 0 Å². The van der Waals surface area contributed by atoms with Crippen molar-refractivity contribution in [3.8, 4) is 11.4 Å². The first-order valence-electron chi connectivity index (χ1n) is 8.48. The summed E-state index contributed by atoms with van der Waals surface area (Å²) >= 11 is 7.11. The van der Waals surface area contributed by atoms with Gasteiger partial charge in [0.15, 0.2) is 11.0 Å². The van der Waals surface area contributed by atoms with E-state index in [1.54, 1.807) is 16.6 Å². The summed E-state index contributed by atoms with van der Waals surface area (Å²) in [4.78, 5) is 1.54. The van der Waals surface area contributed by atoms with Gasteiger partial charge in [-0.3, -0.25) is 0 Å². The van der Waals surface area contributed by atoms with Crippen molar-refractivity contribution < 1.29 is 0 Å². The Balaban J connectivity index is 1.54. The van der Waals surface area contributed by atoms with E-state index in [1.165, 1.54) is 36.0 Å². The molecule has 25 heavy (non-hydrogen) atoms. The van der Waals surface area contributed by atoms with Crippen molar-refractivity contribution in [3.63, 3.8) is 0 Å². The van der Waals surface area contributed by atoms with Gasteiger partial charge < -0.3 is 4.57 Å². The van der Waals surface area contributed by atoms with Crippen LogP contribution in [-0.4, -0.2) is 14.8 Å². The van der Waals surface area contributed by atoms with Crippen molar-refractivity contribution in [1.29, 1.82) is 0 Å². The van der Waals surface area contributed by atoms with Crippen LogP contribution >= 0.6 is 39.0 Å². The molecule has 3 aromatic rings. The maximum atomic E-state index is 4.50. The van der Waals surface area contributed by atoms with Gasteiger partial charge in [0.2, 0.25) is 0 Å². The maximum absolute atomic E-state index is 4.50. The van der Waals surface area contributed by atoms with Gasteiger partial charge in [-0.2, -0.15) is 0 Å². The van der Waals surface area contributed by atoms with Crippen LogP contribution in [0.5, 0.6) is 0 Å². The molecule has 1 atom stereocenters. The molecule has 0 saturated carbocycles. The minimum Gasteiger partial charge on any atom is -0.305 e. The van der Waals surface area contributed by atoms with Gasteiger partial charge in [0.1, 0.15) is 0 Å². The van der Waals surface area contributed by atoms with E-state index in [0.29, 0.717) is 0 Å². The molecule has 0 bridgehead atoms. The summed E-state index contributed by atoms with van der Waals surface area (Å²) in [5.74, 6) is 2.71. The Morgan fingerprint density at radius 1 is 1.28 bits per heavy atom. The molecule has 0 saturated heterocycles. The van der Waals surface area contributed by atoms with Crippen molar-refractivity contribution in [3.05, 3.63) is 50.1 Å². The highest BCUT2D eigenvalue weighted by Gasteiger charge is 2.23. The summed E-state index contributed by atoms with van der Waals surface area (Å²) in [5.41, 5.74) is 4.08. The number of fused-ring (bicyclic) bond motifs is 1. The van der Waals surface area contributed by atoms with E-state index in [9.17, 15) is 0 Å². The lowest BCUT2D eigenvalue weighted by atomic mass is 9.88. The molecule has 6 heteroatoms. The molecule has 3 nitrogen and oxygen atoms in total. The molecule has 0 radical (unpaired) electrons. The van der Waals surface area contributed by atoms with E-state index < -0.39 is 0 Å². The highest BCUT2D eigenvalue weighted by Crippen LogP contribution is 2.38. The molecule has 0 aliphatic heterocycles. The molecular weight excluding hydrogens is 414 g/mol. The standard InChI is InChI=1S/C19H20BrN3S2/c1-12-3-8-15-16(11-24-17(15)9-12)18-21-22-19(23(18)2)25-10-13-4-6-14(20)7-5-13/h4-7,11-12H,3,8-10H2,1-2H3. The number of thiophene rings is 1. The normalized spacial score (nSPS) is 16.8. The monoisotopic (exact) mass is 433 g/mol. The summed E-state index contributed by atoms with van der Waals surface area (Å²) in [6.45, 7) is 2.35. The van der Waals surface area contributed by atoms with Crippen LogP contribution in [0, 0.1) is 5.92 Å².